The van der Waals surface area contributed by atoms with Crippen molar-refractivity contribution in [3.05, 3.63) is 41.7 Å². The van der Waals surface area contributed by atoms with E-state index < -0.39 is 6.10 Å². The minimum absolute atomic E-state index is 0.419. The summed E-state index contributed by atoms with van der Waals surface area (Å²) in [6.07, 6.45) is 1.19. The fourth-order valence-corrected chi connectivity index (χ4v) is 3.24. The summed E-state index contributed by atoms with van der Waals surface area (Å²) in [7, 11) is 0. The molecular weight excluding hydrogens is 284 g/mol. The van der Waals surface area contributed by atoms with E-state index in [1.54, 1.807) is 6.33 Å². The van der Waals surface area contributed by atoms with E-state index in [0.29, 0.717) is 6.54 Å². The first-order chi connectivity index (χ1) is 10.2. The number of β-amino-alcohol motifs (C(OH)–C–C–N with tert-alkyl or cyclic N) is 1. The van der Waals surface area contributed by atoms with Crippen LogP contribution in [0.15, 0.2) is 30.6 Å². The van der Waals surface area contributed by atoms with Gasteiger partial charge >= 0.3 is 0 Å². The van der Waals surface area contributed by atoms with Crippen LogP contribution in [0.1, 0.15) is 17.2 Å². The van der Waals surface area contributed by atoms with Gasteiger partial charge in [-0.05, 0) is 12.5 Å². The number of piperazine rings is 1. The first-order valence-electron chi connectivity index (χ1n) is 7.21. The lowest BCUT2D eigenvalue weighted by Gasteiger charge is -2.35. The van der Waals surface area contributed by atoms with Crippen molar-refractivity contribution < 1.29 is 5.11 Å². The summed E-state index contributed by atoms with van der Waals surface area (Å²) >= 11 is 1.44. The molecule has 1 aromatic heterocycles. The molecule has 0 radical (unpaired) electrons. The highest BCUT2D eigenvalue weighted by Gasteiger charge is 2.21. The van der Waals surface area contributed by atoms with Crippen LogP contribution >= 0.6 is 11.5 Å². The maximum absolute atomic E-state index is 10.4. The van der Waals surface area contributed by atoms with Crippen LogP contribution < -0.4 is 4.90 Å². The van der Waals surface area contributed by atoms with Crippen molar-refractivity contribution in [2.75, 3.05) is 37.6 Å². The molecule has 5 nitrogen and oxygen atoms in total. The third kappa shape index (κ3) is 3.58. The Morgan fingerprint density at radius 2 is 2.10 bits per heavy atom. The summed E-state index contributed by atoms with van der Waals surface area (Å²) in [5, 5.41) is 11.4. The average molecular weight is 304 g/mol. The number of anilines is 1. The Morgan fingerprint density at radius 3 is 2.76 bits per heavy atom. The molecule has 0 amide bonds. The SMILES string of the molecule is Cc1cccc(C(O)CN2CCN(c3ncns3)CC2)c1. The lowest BCUT2D eigenvalue weighted by atomic mass is 10.1. The fraction of sp³-hybridized carbons (Fsp3) is 0.467. The van der Waals surface area contributed by atoms with Crippen LogP contribution in [0.5, 0.6) is 0 Å². The Morgan fingerprint density at radius 1 is 1.29 bits per heavy atom. The van der Waals surface area contributed by atoms with Gasteiger partial charge in [0.05, 0.1) is 6.10 Å². The summed E-state index contributed by atoms with van der Waals surface area (Å²) in [4.78, 5) is 8.82. The van der Waals surface area contributed by atoms with Crippen molar-refractivity contribution in [1.29, 1.82) is 0 Å². The number of aliphatic hydroxyl groups is 1. The highest BCUT2D eigenvalue weighted by atomic mass is 32.1. The normalized spacial score (nSPS) is 17.9. The predicted molar refractivity (Wildman–Crippen MR) is 84.7 cm³/mol. The Balaban J connectivity index is 1.53. The van der Waals surface area contributed by atoms with Gasteiger partial charge in [0.25, 0.3) is 0 Å². The van der Waals surface area contributed by atoms with Crippen LogP contribution in [0.25, 0.3) is 0 Å². The molecule has 1 fully saturated rings. The number of aryl methyl sites for hydroxylation is 1. The topological polar surface area (TPSA) is 52.5 Å². The van der Waals surface area contributed by atoms with E-state index in [0.717, 1.165) is 36.9 Å². The summed E-state index contributed by atoms with van der Waals surface area (Å²) in [5.41, 5.74) is 2.19. The van der Waals surface area contributed by atoms with Gasteiger partial charge in [0.2, 0.25) is 5.13 Å². The van der Waals surface area contributed by atoms with Gasteiger partial charge in [-0.15, -0.1) is 0 Å². The molecular formula is C15H20N4OS. The highest BCUT2D eigenvalue weighted by molar-refractivity contribution is 7.09. The third-order valence-corrected chi connectivity index (χ3v) is 4.58. The molecule has 3 rings (SSSR count). The highest BCUT2D eigenvalue weighted by Crippen LogP contribution is 2.19. The minimum atomic E-state index is -0.419. The van der Waals surface area contributed by atoms with Crippen LogP contribution in [0.4, 0.5) is 5.13 Å². The molecule has 0 saturated carbocycles. The van der Waals surface area contributed by atoms with E-state index in [9.17, 15) is 5.11 Å². The maximum Gasteiger partial charge on any atom is 0.205 e. The molecule has 1 saturated heterocycles. The summed E-state index contributed by atoms with van der Waals surface area (Å²) < 4.78 is 4.05. The Bertz CT molecular complexity index is 567. The second kappa shape index (κ2) is 6.51. The zero-order valence-electron chi connectivity index (χ0n) is 12.1. The van der Waals surface area contributed by atoms with Crippen molar-refractivity contribution in [3.8, 4) is 0 Å². The van der Waals surface area contributed by atoms with Crippen molar-refractivity contribution >= 4 is 16.7 Å². The molecule has 2 heterocycles. The van der Waals surface area contributed by atoms with Gasteiger partial charge in [0, 0.05) is 44.3 Å². The molecule has 1 unspecified atom stereocenters. The molecule has 1 N–H and O–H groups in total. The lowest BCUT2D eigenvalue weighted by Crippen LogP contribution is -2.47. The van der Waals surface area contributed by atoms with E-state index in [2.05, 4.69) is 38.2 Å². The Labute approximate surface area is 129 Å². The largest absolute Gasteiger partial charge is 0.387 e. The van der Waals surface area contributed by atoms with Gasteiger partial charge in [-0.1, -0.05) is 29.8 Å². The molecule has 0 bridgehead atoms. The van der Waals surface area contributed by atoms with Crippen LogP contribution in [-0.4, -0.2) is 52.1 Å². The molecule has 0 spiro atoms. The number of hydrogen-bond donors (Lipinski definition) is 1. The third-order valence-electron chi connectivity index (χ3n) is 3.85. The number of aliphatic hydroxyl groups excluding tert-OH is 1. The van der Waals surface area contributed by atoms with Crippen LogP contribution in [0, 0.1) is 6.92 Å². The molecule has 1 aromatic carbocycles. The zero-order chi connectivity index (χ0) is 14.7. The maximum atomic E-state index is 10.4. The summed E-state index contributed by atoms with van der Waals surface area (Å²) in [5.74, 6) is 0. The molecule has 1 atom stereocenters. The molecule has 6 heteroatoms. The van der Waals surface area contributed by atoms with E-state index in [1.807, 2.05) is 12.1 Å². The minimum Gasteiger partial charge on any atom is -0.387 e. The second-order valence-electron chi connectivity index (χ2n) is 5.44. The molecule has 21 heavy (non-hydrogen) atoms. The Hall–Kier alpha value is -1.50. The molecule has 2 aromatic rings. The van der Waals surface area contributed by atoms with Gasteiger partial charge in [0.15, 0.2) is 0 Å². The molecule has 1 aliphatic heterocycles. The quantitative estimate of drug-likeness (QED) is 0.932. The standard InChI is InChI=1S/C15H20N4OS/c1-12-3-2-4-13(9-12)14(20)10-18-5-7-19(8-6-18)15-16-11-17-21-15/h2-4,9,11,14,20H,5-8,10H2,1H3. The fourth-order valence-electron chi connectivity index (χ4n) is 2.66. The predicted octanol–water partition coefficient (Wildman–Crippen LogP) is 1.70. The molecule has 112 valence electrons. The molecule has 1 aliphatic rings. The van der Waals surface area contributed by atoms with Crippen LogP contribution in [0.2, 0.25) is 0 Å². The summed E-state index contributed by atoms with van der Waals surface area (Å²) in [6, 6.07) is 8.11. The van der Waals surface area contributed by atoms with Crippen LogP contribution in [-0.2, 0) is 0 Å². The van der Waals surface area contributed by atoms with Crippen molar-refractivity contribution in [1.82, 2.24) is 14.3 Å². The number of benzene rings is 1. The number of aromatic nitrogens is 2. The zero-order valence-corrected chi connectivity index (χ0v) is 13.0. The number of hydrogen-bond acceptors (Lipinski definition) is 6. The first kappa shape index (κ1) is 14.4. The van der Waals surface area contributed by atoms with Crippen molar-refractivity contribution in [3.63, 3.8) is 0 Å². The van der Waals surface area contributed by atoms with Crippen LogP contribution in [0.3, 0.4) is 0 Å². The monoisotopic (exact) mass is 304 g/mol. The first-order valence-corrected chi connectivity index (χ1v) is 7.98. The van der Waals surface area contributed by atoms with E-state index in [4.69, 9.17) is 0 Å². The lowest BCUT2D eigenvalue weighted by molar-refractivity contribution is 0.109. The van der Waals surface area contributed by atoms with E-state index in [1.165, 1.54) is 17.1 Å². The van der Waals surface area contributed by atoms with E-state index >= 15 is 0 Å². The van der Waals surface area contributed by atoms with Gasteiger partial charge in [-0.25, -0.2) is 4.98 Å². The van der Waals surface area contributed by atoms with E-state index in [-0.39, 0.29) is 0 Å². The molecule has 0 aliphatic carbocycles. The van der Waals surface area contributed by atoms with Gasteiger partial charge < -0.3 is 10.0 Å². The van der Waals surface area contributed by atoms with Gasteiger partial charge in [-0.2, -0.15) is 4.37 Å². The second-order valence-corrected chi connectivity index (χ2v) is 6.20. The number of nitrogens with zero attached hydrogens (tertiary/aromatic N) is 4. The van der Waals surface area contributed by atoms with Crippen molar-refractivity contribution in [2.45, 2.75) is 13.0 Å². The average Bonchev–Trinajstić information content (AvgIpc) is 3.02. The van der Waals surface area contributed by atoms with Gasteiger partial charge in [-0.3, -0.25) is 4.90 Å². The Kier molecular flexibility index (Phi) is 4.48. The smallest absolute Gasteiger partial charge is 0.205 e. The summed E-state index contributed by atoms with van der Waals surface area (Å²) in [6.45, 7) is 6.51. The van der Waals surface area contributed by atoms with Crippen molar-refractivity contribution in [2.24, 2.45) is 0 Å². The van der Waals surface area contributed by atoms with Gasteiger partial charge in [0.1, 0.15) is 6.33 Å². The number of rotatable bonds is 4.